The summed E-state index contributed by atoms with van der Waals surface area (Å²) in [6.45, 7) is 4.11. The standard InChI is InChI=1S/C14H20ClNO3/c1-4-7-14(2,13(17)18)16-9-10-5-6-12(19-3)11(15)8-10/h5-6,8,16H,4,7,9H2,1-3H3,(H,17,18). The molecule has 106 valence electrons. The van der Waals surface area contributed by atoms with Crippen molar-refractivity contribution >= 4 is 17.6 Å². The Morgan fingerprint density at radius 2 is 2.21 bits per heavy atom. The molecule has 0 radical (unpaired) electrons. The largest absolute Gasteiger partial charge is 0.495 e. The van der Waals surface area contributed by atoms with E-state index in [1.807, 2.05) is 13.0 Å². The van der Waals surface area contributed by atoms with Crippen LogP contribution >= 0.6 is 11.6 Å². The van der Waals surface area contributed by atoms with Crippen LogP contribution in [0.2, 0.25) is 5.02 Å². The van der Waals surface area contributed by atoms with E-state index in [1.54, 1.807) is 26.2 Å². The molecule has 2 N–H and O–H groups in total. The lowest BCUT2D eigenvalue weighted by atomic mass is 9.96. The summed E-state index contributed by atoms with van der Waals surface area (Å²) in [7, 11) is 1.56. The minimum Gasteiger partial charge on any atom is -0.495 e. The number of rotatable bonds is 7. The van der Waals surface area contributed by atoms with Crippen LogP contribution in [0.1, 0.15) is 32.3 Å². The van der Waals surface area contributed by atoms with Crippen LogP contribution in [0.25, 0.3) is 0 Å². The van der Waals surface area contributed by atoms with Gasteiger partial charge in [-0.3, -0.25) is 10.1 Å². The van der Waals surface area contributed by atoms with E-state index >= 15 is 0 Å². The van der Waals surface area contributed by atoms with Gasteiger partial charge in [-0.2, -0.15) is 0 Å². The Morgan fingerprint density at radius 3 is 2.68 bits per heavy atom. The minimum atomic E-state index is -0.916. The van der Waals surface area contributed by atoms with Crippen LogP contribution in [0.3, 0.4) is 0 Å². The number of benzene rings is 1. The minimum absolute atomic E-state index is 0.451. The lowest BCUT2D eigenvalue weighted by Crippen LogP contribution is -2.48. The van der Waals surface area contributed by atoms with Crippen LogP contribution in [0.5, 0.6) is 5.75 Å². The number of ether oxygens (including phenoxy) is 1. The SMILES string of the molecule is CCCC(C)(NCc1ccc(OC)c(Cl)c1)C(=O)O. The zero-order valence-corrected chi connectivity index (χ0v) is 12.3. The maximum Gasteiger partial charge on any atom is 0.323 e. The van der Waals surface area contributed by atoms with Crippen LogP contribution in [-0.2, 0) is 11.3 Å². The molecule has 0 heterocycles. The molecule has 5 heteroatoms. The zero-order valence-electron chi connectivity index (χ0n) is 11.5. The van der Waals surface area contributed by atoms with Crippen LogP contribution in [-0.4, -0.2) is 23.7 Å². The Kier molecular flexibility index (Phi) is 5.63. The Hall–Kier alpha value is -1.26. The normalized spacial score (nSPS) is 13.9. The van der Waals surface area contributed by atoms with E-state index in [0.29, 0.717) is 23.7 Å². The molecule has 4 nitrogen and oxygen atoms in total. The number of methoxy groups -OCH3 is 1. The number of carboxylic acid groups (broad SMARTS) is 1. The first kappa shape index (κ1) is 15.8. The molecule has 0 fully saturated rings. The van der Waals surface area contributed by atoms with Crippen LogP contribution in [0, 0.1) is 0 Å². The fraction of sp³-hybridized carbons (Fsp3) is 0.500. The molecule has 0 aliphatic heterocycles. The highest BCUT2D eigenvalue weighted by Crippen LogP contribution is 2.25. The molecule has 0 spiro atoms. The summed E-state index contributed by atoms with van der Waals surface area (Å²) in [5, 5.41) is 12.9. The average Bonchev–Trinajstić information content (AvgIpc) is 2.36. The van der Waals surface area contributed by atoms with Crippen molar-refractivity contribution in [3.63, 3.8) is 0 Å². The molecule has 0 saturated carbocycles. The van der Waals surface area contributed by atoms with E-state index in [9.17, 15) is 9.90 Å². The van der Waals surface area contributed by atoms with Crippen molar-refractivity contribution in [3.8, 4) is 5.75 Å². The van der Waals surface area contributed by atoms with Gasteiger partial charge in [0.1, 0.15) is 11.3 Å². The van der Waals surface area contributed by atoms with Crippen molar-refractivity contribution in [1.29, 1.82) is 0 Å². The number of hydrogen-bond acceptors (Lipinski definition) is 3. The second-order valence-electron chi connectivity index (χ2n) is 4.71. The quantitative estimate of drug-likeness (QED) is 0.808. The molecule has 0 bridgehead atoms. The highest BCUT2D eigenvalue weighted by Gasteiger charge is 2.31. The van der Waals surface area contributed by atoms with Crippen molar-refractivity contribution < 1.29 is 14.6 Å². The molecule has 0 amide bonds. The molecule has 1 aromatic carbocycles. The van der Waals surface area contributed by atoms with E-state index in [0.717, 1.165) is 12.0 Å². The summed E-state index contributed by atoms with van der Waals surface area (Å²) in [6.07, 6.45) is 1.38. The van der Waals surface area contributed by atoms with E-state index in [4.69, 9.17) is 16.3 Å². The average molecular weight is 286 g/mol. The molecule has 0 aliphatic rings. The van der Waals surface area contributed by atoms with Crippen molar-refractivity contribution in [2.24, 2.45) is 0 Å². The Morgan fingerprint density at radius 1 is 1.53 bits per heavy atom. The van der Waals surface area contributed by atoms with Gasteiger partial charge in [0.2, 0.25) is 0 Å². The van der Waals surface area contributed by atoms with Gasteiger partial charge in [0.05, 0.1) is 12.1 Å². The third-order valence-corrected chi connectivity index (χ3v) is 3.42. The number of carboxylic acids is 1. The summed E-state index contributed by atoms with van der Waals surface area (Å²) in [5.74, 6) is -0.228. The molecule has 0 saturated heterocycles. The van der Waals surface area contributed by atoms with E-state index in [1.165, 1.54) is 0 Å². The van der Waals surface area contributed by atoms with Gasteiger partial charge in [0.15, 0.2) is 0 Å². The van der Waals surface area contributed by atoms with Crippen LogP contribution < -0.4 is 10.1 Å². The smallest absolute Gasteiger partial charge is 0.323 e. The molecular weight excluding hydrogens is 266 g/mol. The van der Waals surface area contributed by atoms with Gasteiger partial charge < -0.3 is 9.84 Å². The molecular formula is C14H20ClNO3. The van der Waals surface area contributed by atoms with Gasteiger partial charge in [-0.25, -0.2) is 0 Å². The lowest BCUT2D eigenvalue weighted by molar-refractivity contribution is -0.144. The van der Waals surface area contributed by atoms with Gasteiger partial charge in [-0.1, -0.05) is 31.0 Å². The summed E-state index contributed by atoms with van der Waals surface area (Å²) >= 11 is 6.03. The summed E-state index contributed by atoms with van der Waals surface area (Å²) < 4.78 is 5.08. The maximum atomic E-state index is 11.3. The van der Waals surface area contributed by atoms with E-state index in [-0.39, 0.29) is 0 Å². The lowest BCUT2D eigenvalue weighted by Gasteiger charge is -2.26. The predicted molar refractivity (Wildman–Crippen MR) is 75.8 cm³/mol. The number of aliphatic carboxylic acids is 1. The number of carbonyl (C=O) groups is 1. The molecule has 1 unspecified atom stereocenters. The van der Waals surface area contributed by atoms with Gasteiger partial charge in [0.25, 0.3) is 0 Å². The highest BCUT2D eigenvalue weighted by molar-refractivity contribution is 6.32. The summed E-state index contributed by atoms with van der Waals surface area (Å²) in [6, 6.07) is 5.42. The van der Waals surface area contributed by atoms with Crippen LogP contribution in [0.15, 0.2) is 18.2 Å². The number of halogens is 1. The van der Waals surface area contributed by atoms with Crippen molar-refractivity contribution in [3.05, 3.63) is 28.8 Å². The molecule has 1 aromatic rings. The summed E-state index contributed by atoms with van der Waals surface area (Å²) in [4.78, 5) is 11.3. The second-order valence-corrected chi connectivity index (χ2v) is 5.12. The zero-order chi connectivity index (χ0) is 14.5. The fourth-order valence-corrected chi connectivity index (χ4v) is 2.17. The highest BCUT2D eigenvalue weighted by atomic mass is 35.5. The van der Waals surface area contributed by atoms with E-state index < -0.39 is 11.5 Å². The molecule has 1 rings (SSSR count). The van der Waals surface area contributed by atoms with Gasteiger partial charge in [0, 0.05) is 6.54 Å². The molecule has 0 aliphatic carbocycles. The Bertz CT molecular complexity index is 450. The monoisotopic (exact) mass is 285 g/mol. The van der Waals surface area contributed by atoms with Crippen molar-refractivity contribution in [2.75, 3.05) is 7.11 Å². The molecule has 19 heavy (non-hydrogen) atoms. The Balaban J connectivity index is 2.75. The third kappa shape index (κ3) is 4.11. The first-order valence-electron chi connectivity index (χ1n) is 6.23. The van der Waals surface area contributed by atoms with Crippen LogP contribution in [0.4, 0.5) is 0 Å². The molecule has 0 aromatic heterocycles. The first-order valence-corrected chi connectivity index (χ1v) is 6.61. The van der Waals surface area contributed by atoms with Gasteiger partial charge in [-0.05, 0) is 31.0 Å². The van der Waals surface area contributed by atoms with Gasteiger partial charge >= 0.3 is 5.97 Å². The maximum absolute atomic E-state index is 11.3. The predicted octanol–water partition coefficient (Wildman–Crippen LogP) is 3.08. The molecule has 1 atom stereocenters. The first-order chi connectivity index (χ1) is 8.92. The number of nitrogens with one attached hydrogen (secondary N) is 1. The Labute approximate surface area is 118 Å². The third-order valence-electron chi connectivity index (χ3n) is 3.12. The van der Waals surface area contributed by atoms with Crippen molar-refractivity contribution in [1.82, 2.24) is 5.32 Å². The topological polar surface area (TPSA) is 58.6 Å². The second kappa shape index (κ2) is 6.78. The summed E-state index contributed by atoms with van der Waals surface area (Å²) in [5.41, 5.74) is 0.00983. The fourth-order valence-electron chi connectivity index (χ4n) is 1.89. The number of hydrogen-bond donors (Lipinski definition) is 2. The van der Waals surface area contributed by atoms with Gasteiger partial charge in [-0.15, -0.1) is 0 Å². The van der Waals surface area contributed by atoms with E-state index in [2.05, 4.69) is 5.32 Å². The van der Waals surface area contributed by atoms with Crippen molar-refractivity contribution in [2.45, 2.75) is 38.8 Å².